The van der Waals surface area contributed by atoms with Gasteiger partial charge in [0.25, 0.3) is 0 Å². The predicted octanol–water partition coefficient (Wildman–Crippen LogP) is 5.17. The van der Waals surface area contributed by atoms with Crippen molar-refractivity contribution in [3.63, 3.8) is 0 Å². The molecule has 0 heterocycles. The zero-order valence-corrected chi connectivity index (χ0v) is 13.7. The van der Waals surface area contributed by atoms with E-state index in [1.54, 1.807) is 13.2 Å². The zero-order valence-electron chi connectivity index (χ0n) is 13.7. The largest absolute Gasteiger partial charge is 0.494 e. The predicted molar refractivity (Wildman–Crippen MR) is 90.4 cm³/mol. The minimum absolute atomic E-state index is 0.278. The molecule has 0 bridgehead atoms. The summed E-state index contributed by atoms with van der Waals surface area (Å²) in [4.78, 5) is 0. The molecular weight excluding hydrogens is 291 g/mol. The molecule has 122 valence electrons. The van der Waals surface area contributed by atoms with Gasteiger partial charge in [-0.15, -0.1) is 0 Å². The van der Waals surface area contributed by atoms with E-state index in [4.69, 9.17) is 9.47 Å². The second-order valence-corrected chi connectivity index (χ2v) is 6.18. The van der Waals surface area contributed by atoms with E-state index in [0.717, 1.165) is 24.0 Å². The summed E-state index contributed by atoms with van der Waals surface area (Å²) in [5, 5.41) is 0. The summed E-state index contributed by atoms with van der Waals surface area (Å²) < 4.78 is 24.2. The molecule has 0 spiro atoms. The molecule has 1 aliphatic carbocycles. The Morgan fingerprint density at radius 3 is 2.09 bits per heavy atom. The van der Waals surface area contributed by atoms with Crippen molar-refractivity contribution in [2.45, 2.75) is 37.7 Å². The monoisotopic (exact) mass is 314 g/mol. The Bertz CT molecular complexity index is 643. The Labute approximate surface area is 137 Å². The average molecular weight is 314 g/mol. The Hall–Kier alpha value is -1.87. The fraction of sp³-hybridized carbons (Fsp3) is 0.400. The molecular formula is C20H23FO2. The van der Waals surface area contributed by atoms with Crippen LogP contribution in [-0.2, 0) is 4.74 Å². The maximum atomic E-state index is 13.8. The van der Waals surface area contributed by atoms with Gasteiger partial charge in [0.2, 0.25) is 0 Å². The molecule has 0 amide bonds. The number of rotatable bonds is 4. The fourth-order valence-corrected chi connectivity index (χ4v) is 3.43. The van der Waals surface area contributed by atoms with E-state index in [1.165, 1.54) is 31.6 Å². The zero-order chi connectivity index (χ0) is 16.2. The van der Waals surface area contributed by atoms with Crippen LogP contribution in [-0.4, -0.2) is 20.3 Å². The highest BCUT2D eigenvalue weighted by Crippen LogP contribution is 2.35. The van der Waals surface area contributed by atoms with Crippen LogP contribution in [0.2, 0.25) is 0 Å². The molecule has 1 fully saturated rings. The standard InChI is InChI=1S/C20H23FO2/c1-22-18-10-7-15(8-11-18)14-3-5-16(6-4-14)17-9-12-20(23-2)19(21)13-17/h3-6,9,12-13,15,18H,7-8,10-11H2,1-2H3. The van der Waals surface area contributed by atoms with E-state index in [-0.39, 0.29) is 11.6 Å². The SMILES string of the molecule is COc1ccc(-c2ccc(C3CCC(OC)CC3)cc2)cc1F. The third-order valence-electron chi connectivity index (χ3n) is 4.87. The van der Waals surface area contributed by atoms with Gasteiger partial charge >= 0.3 is 0 Å². The molecule has 1 aliphatic rings. The third kappa shape index (κ3) is 3.56. The fourth-order valence-electron chi connectivity index (χ4n) is 3.43. The molecule has 0 unspecified atom stereocenters. The lowest BCUT2D eigenvalue weighted by Gasteiger charge is -2.27. The molecule has 2 nitrogen and oxygen atoms in total. The summed E-state index contributed by atoms with van der Waals surface area (Å²) >= 11 is 0. The highest BCUT2D eigenvalue weighted by Gasteiger charge is 2.21. The topological polar surface area (TPSA) is 18.5 Å². The van der Waals surface area contributed by atoms with Crippen molar-refractivity contribution < 1.29 is 13.9 Å². The van der Waals surface area contributed by atoms with E-state index in [9.17, 15) is 4.39 Å². The van der Waals surface area contributed by atoms with Crippen molar-refractivity contribution in [3.8, 4) is 16.9 Å². The Balaban J connectivity index is 1.73. The number of ether oxygens (including phenoxy) is 2. The molecule has 0 aromatic heterocycles. The van der Waals surface area contributed by atoms with Crippen LogP contribution in [0.25, 0.3) is 11.1 Å². The highest BCUT2D eigenvalue weighted by atomic mass is 19.1. The molecule has 1 saturated carbocycles. The van der Waals surface area contributed by atoms with Crippen LogP contribution in [0, 0.1) is 5.82 Å². The van der Waals surface area contributed by atoms with Crippen LogP contribution >= 0.6 is 0 Å². The van der Waals surface area contributed by atoms with Gasteiger partial charge in [0.1, 0.15) is 0 Å². The number of hydrogen-bond acceptors (Lipinski definition) is 2. The van der Waals surface area contributed by atoms with Crippen molar-refractivity contribution in [2.75, 3.05) is 14.2 Å². The molecule has 0 radical (unpaired) electrons. The maximum absolute atomic E-state index is 13.8. The minimum atomic E-state index is -0.327. The van der Waals surface area contributed by atoms with Crippen molar-refractivity contribution >= 4 is 0 Å². The Morgan fingerprint density at radius 2 is 1.52 bits per heavy atom. The van der Waals surface area contributed by atoms with Gasteiger partial charge in [-0.2, -0.15) is 0 Å². The number of benzene rings is 2. The second-order valence-electron chi connectivity index (χ2n) is 6.18. The average Bonchev–Trinajstić information content (AvgIpc) is 2.62. The van der Waals surface area contributed by atoms with Crippen LogP contribution in [0.3, 0.4) is 0 Å². The third-order valence-corrected chi connectivity index (χ3v) is 4.87. The summed E-state index contributed by atoms with van der Waals surface area (Å²) in [5.74, 6) is 0.565. The van der Waals surface area contributed by atoms with E-state index < -0.39 is 0 Å². The number of hydrogen-bond donors (Lipinski definition) is 0. The normalized spacial score (nSPS) is 21.2. The Morgan fingerprint density at radius 1 is 0.870 bits per heavy atom. The molecule has 0 N–H and O–H groups in total. The van der Waals surface area contributed by atoms with E-state index in [1.807, 2.05) is 6.07 Å². The molecule has 3 rings (SSSR count). The lowest BCUT2D eigenvalue weighted by Crippen LogP contribution is -2.19. The molecule has 23 heavy (non-hydrogen) atoms. The number of methoxy groups -OCH3 is 2. The van der Waals surface area contributed by atoms with Crippen molar-refractivity contribution in [3.05, 3.63) is 53.8 Å². The van der Waals surface area contributed by atoms with E-state index >= 15 is 0 Å². The van der Waals surface area contributed by atoms with Crippen LogP contribution < -0.4 is 4.74 Å². The van der Waals surface area contributed by atoms with Gasteiger partial charge in [-0.05, 0) is 60.4 Å². The molecule has 0 aliphatic heterocycles. The van der Waals surface area contributed by atoms with E-state index in [2.05, 4.69) is 24.3 Å². The van der Waals surface area contributed by atoms with Crippen LogP contribution in [0.4, 0.5) is 4.39 Å². The minimum Gasteiger partial charge on any atom is -0.494 e. The molecule has 2 aromatic carbocycles. The first kappa shape index (κ1) is 16.0. The summed E-state index contributed by atoms with van der Waals surface area (Å²) in [6.45, 7) is 0. The van der Waals surface area contributed by atoms with Crippen LogP contribution in [0.1, 0.15) is 37.2 Å². The van der Waals surface area contributed by atoms with Gasteiger partial charge in [0.05, 0.1) is 13.2 Å². The summed E-state index contributed by atoms with van der Waals surface area (Å²) in [7, 11) is 3.28. The van der Waals surface area contributed by atoms with Gasteiger partial charge < -0.3 is 9.47 Å². The second kappa shape index (κ2) is 7.14. The van der Waals surface area contributed by atoms with Gasteiger partial charge in [0.15, 0.2) is 11.6 Å². The number of halogens is 1. The molecule has 0 saturated heterocycles. The van der Waals surface area contributed by atoms with E-state index in [0.29, 0.717) is 12.0 Å². The lowest BCUT2D eigenvalue weighted by atomic mass is 9.82. The molecule has 2 aromatic rings. The van der Waals surface area contributed by atoms with Gasteiger partial charge in [-0.25, -0.2) is 4.39 Å². The van der Waals surface area contributed by atoms with Crippen molar-refractivity contribution in [2.24, 2.45) is 0 Å². The maximum Gasteiger partial charge on any atom is 0.165 e. The first-order chi connectivity index (χ1) is 11.2. The lowest BCUT2D eigenvalue weighted by molar-refractivity contribution is 0.0659. The molecule has 0 atom stereocenters. The first-order valence-corrected chi connectivity index (χ1v) is 8.18. The summed E-state index contributed by atoms with van der Waals surface area (Å²) in [5.41, 5.74) is 3.27. The smallest absolute Gasteiger partial charge is 0.165 e. The van der Waals surface area contributed by atoms with Gasteiger partial charge in [-0.3, -0.25) is 0 Å². The van der Waals surface area contributed by atoms with Gasteiger partial charge in [-0.1, -0.05) is 30.3 Å². The van der Waals surface area contributed by atoms with Crippen LogP contribution in [0.5, 0.6) is 5.75 Å². The van der Waals surface area contributed by atoms with Crippen molar-refractivity contribution in [1.82, 2.24) is 0 Å². The highest BCUT2D eigenvalue weighted by molar-refractivity contribution is 5.64. The van der Waals surface area contributed by atoms with Gasteiger partial charge in [0, 0.05) is 7.11 Å². The molecule has 3 heteroatoms. The quantitative estimate of drug-likeness (QED) is 0.774. The van der Waals surface area contributed by atoms with Crippen LogP contribution in [0.15, 0.2) is 42.5 Å². The summed E-state index contributed by atoms with van der Waals surface area (Å²) in [6, 6.07) is 13.6. The summed E-state index contributed by atoms with van der Waals surface area (Å²) in [6.07, 6.45) is 5.04. The first-order valence-electron chi connectivity index (χ1n) is 8.18. The Kier molecular flexibility index (Phi) is 4.97. The van der Waals surface area contributed by atoms with Crippen molar-refractivity contribution in [1.29, 1.82) is 0 Å².